The minimum atomic E-state index is -1.23. The minimum absolute atomic E-state index is 0.200. The lowest BCUT2D eigenvalue weighted by molar-refractivity contribution is -0.143. The first-order valence-corrected chi connectivity index (χ1v) is 10.6. The van der Waals surface area contributed by atoms with E-state index in [1.54, 1.807) is 7.11 Å². The molecule has 0 bridgehead atoms. The van der Waals surface area contributed by atoms with Crippen molar-refractivity contribution in [1.29, 1.82) is 0 Å². The Labute approximate surface area is 180 Å². The van der Waals surface area contributed by atoms with Crippen molar-refractivity contribution < 1.29 is 19.1 Å². The van der Waals surface area contributed by atoms with Crippen LogP contribution < -0.4 is 10.6 Å². The lowest BCUT2D eigenvalue weighted by atomic mass is 9.76. The molecule has 2 saturated heterocycles. The molecule has 7 nitrogen and oxygen atoms in total. The summed E-state index contributed by atoms with van der Waals surface area (Å²) in [4.78, 5) is 41.7. The van der Waals surface area contributed by atoms with Crippen molar-refractivity contribution in [2.24, 2.45) is 11.8 Å². The summed E-state index contributed by atoms with van der Waals surface area (Å²) in [7, 11) is 1.59. The van der Waals surface area contributed by atoms with Crippen molar-refractivity contribution in [3.05, 3.63) is 65.7 Å². The molecule has 4 atom stereocenters. The van der Waals surface area contributed by atoms with Gasteiger partial charge in [0.25, 0.3) is 0 Å². The number of likely N-dealkylation sites (tertiary alicyclic amines) is 1. The molecule has 0 aliphatic carbocycles. The molecule has 160 valence electrons. The Balaban J connectivity index is 1.57. The van der Waals surface area contributed by atoms with Gasteiger partial charge in [-0.1, -0.05) is 48.5 Å². The van der Waals surface area contributed by atoms with Crippen LogP contribution >= 0.6 is 0 Å². The highest BCUT2D eigenvalue weighted by Crippen LogP contribution is 2.53. The molecule has 2 fully saturated rings. The third-order valence-electron chi connectivity index (χ3n) is 6.74. The first-order valence-electron chi connectivity index (χ1n) is 10.6. The average Bonchev–Trinajstić information content (AvgIpc) is 3.35. The SMILES string of the molecule is COCCCN1C(=O)C2C(Cc3ccccc3)NC3(C(=O)Nc4ccccc43)C2C1=O. The van der Waals surface area contributed by atoms with E-state index in [0.29, 0.717) is 31.7 Å². The number of anilines is 1. The van der Waals surface area contributed by atoms with Crippen LogP contribution in [0.1, 0.15) is 17.5 Å². The van der Waals surface area contributed by atoms with Gasteiger partial charge in [-0.25, -0.2) is 0 Å². The maximum Gasteiger partial charge on any atom is 0.250 e. The zero-order valence-corrected chi connectivity index (χ0v) is 17.3. The second-order valence-electron chi connectivity index (χ2n) is 8.43. The predicted octanol–water partition coefficient (Wildman–Crippen LogP) is 1.69. The molecular formula is C24H25N3O4. The third kappa shape index (κ3) is 2.91. The fraction of sp³-hybridized carbons (Fsp3) is 0.375. The molecule has 3 aliphatic heterocycles. The normalized spacial score (nSPS) is 28.9. The van der Waals surface area contributed by atoms with Crippen LogP contribution in [0, 0.1) is 11.8 Å². The average molecular weight is 419 g/mol. The van der Waals surface area contributed by atoms with Crippen molar-refractivity contribution in [2.75, 3.05) is 25.6 Å². The van der Waals surface area contributed by atoms with E-state index >= 15 is 0 Å². The van der Waals surface area contributed by atoms with Gasteiger partial charge in [0.15, 0.2) is 0 Å². The summed E-state index contributed by atoms with van der Waals surface area (Å²) in [6.45, 7) is 0.766. The van der Waals surface area contributed by atoms with E-state index in [-0.39, 0.29) is 23.8 Å². The number of fused-ring (bicyclic) bond motifs is 4. The van der Waals surface area contributed by atoms with Gasteiger partial charge in [0, 0.05) is 37.6 Å². The molecule has 3 heterocycles. The first-order chi connectivity index (χ1) is 15.1. The molecule has 3 aliphatic rings. The van der Waals surface area contributed by atoms with Crippen LogP contribution in [0.15, 0.2) is 54.6 Å². The largest absolute Gasteiger partial charge is 0.385 e. The van der Waals surface area contributed by atoms with Crippen molar-refractivity contribution in [3.63, 3.8) is 0 Å². The van der Waals surface area contributed by atoms with Crippen molar-refractivity contribution >= 4 is 23.4 Å². The summed E-state index contributed by atoms with van der Waals surface area (Å²) in [6.07, 6.45) is 1.13. The number of benzene rings is 2. The molecule has 0 saturated carbocycles. The van der Waals surface area contributed by atoms with Crippen molar-refractivity contribution in [2.45, 2.75) is 24.4 Å². The van der Waals surface area contributed by atoms with E-state index in [4.69, 9.17) is 4.74 Å². The summed E-state index contributed by atoms with van der Waals surface area (Å²) in [5.41, 5.74) is 1.26. The van der Waals surface area contributed by atoms with Gasteiger partial charge in [-0.15, -0.1) is 0 Å². The Morgan fingerprint density at radius 3 is 2.52 bits per heavy atom. The van der Waals surface area contributed by atoms with Crippen LogP contribution in [0.5, 0.6) is 0 Å². The molecule has 0 aromatic heterocycles. The molecular weight excluding hydrogens is 394 g/mol. The predicted molar refractivity (Wildman–Crippen MR) is 114 cm³/mol. The Morgan fingerprint density at radius 2 is 1.74 bits per heavy atom. The standard InChI is InChI=1S/C24H25N3O4/c1-31-13-7-12-27-21(28)19-18(14-15-8-3-2-4-9-15)26-24(20(19)22(27)29)16-10-5-6-11-17(16)25-23(24)30/h2-6,8-11,18-20,26H,7,12-14H2,1H3,(H,25,30). The molecule has 7 heteroatoms. The first kappa shape index (κ1) is 19.9. The van der Waals surface area contributed by atoms with Crippen LogP contribution in [0.2, 0.25) is 0 Å². The Hall–Kier alpha value is -3.03. The number of hydrogen-bond acceptors (Lipinski definition) is 5. The van der Waals surface area contributed by atoms with Crippen molar-refractivity contribution in [1.82, 2.24) is 10.2 Å². The number of nitrogens with zero attached hydrogens (tertiary/aromatic N) is 1. The molecule has 0 radical (unpaired) electrons. The summed E-state index contributed by atoms with van der Waals surface area (Å²) < 4.78 is 5.10. The van der Waals surface area contributed by atoms with E-state index in [1.807, 2.05) is 54.6 Å². The fourth-order valence-electron chi connectivity index (χ4n) is 5.45. The quantitative estimate of drug-likeness (QED) is 0.550. The van der Waals surface area contributed by atoms with E-state index in [2.05, 4.69) is 10.6 Å². The van der Waals surface area contributed by atoms with Crippen LogP contribution in [-0.2, 0) is 31.1 Å². The zero-order chi connectivity index (χ0) is 21.6. The van der Waals surface area contributed by atoms with Crippen LogP contribution in [0.4, 0.5) is 5.69 Å². The van der Waals surface area contributed by atoms with E-state index in [1.165, 1.54) is 4.90 Å². The van der Waals surface area contributed by atoms with E-state index in [0.717, 1.165) is 11.1 Å². The van der Waals surface area contributed by atoms with Gasteiger partial charge in [-0.2, -0.15) is 0 Å². The highest BCUT2D eigenvalue weighted by molar-refractivity contribution is 6.15. The molecule has 4 unspecified atom stereocenters. The molecule has 2 N–H and O–H groups in total. The number of hydrogen-bond donors (Lipinski definition) is 2. The maximum atomic E-state index is 13.6. The number of ether oxygens (including phenoxy) is 1. The highest BCUT2D eigenvalue weighted by atomic mass is 16.5. The number of imide groups is 1. The second kappa shape index (κ2) is 7.59. The summed E-state index contributed by atoms with van der Waals surface area (Å²) >= 11 is 0. The molecule has 2 aromatic rings. The summed E-state index contributed by atoms with van der Waals surface area (Å²) in [6, 6.07) is 16.9. The monoisotopic (exact) mass is 419 g/mol. The van der Waals surface area contributed by atoms with Gasteiger partial charge in [0.2, 0.25) is 17.7 Å². The van der Waals surface area contributed by atoms with Crippen molar-refractivity contribution in [3.8, 4) is 0 Å². The van der Waals surface area contributed by atoms with Crippen LogP contribution in [0.3, 0.4) is 0 Å². The number of para-hydroxylation sites is 1. The van der Waals surface area contributed by atoms with E-state index in [9.17, 15) is 14.4 Å². The number of amides is 3. The molecule has 2 aromatic carbocycles. The Kier molecular flexibility index (Phi) is 4.87. The molecule has 31 heavy (non-hydrogen) atoms. The highest BCUT2D eigenvalue weighted by Gasteiger charge is 2.70. The number of methoxy groups -OCH3 is 1. The third-order valence-corrected chi connectivity index (χ3v) is 6.74. The summed E-state index contributed by atoms with van der Waals surface area (Å²) in [5.74, 6) is -2.10. The van der Waals surface area contributed by atoms with Gasteiger partial charge in [0.05, 0.1) is 11.8 Å². The molecule has 3 amide bonds. The summed E-state index contributed by atoms with van der Waals surface area (Å²) in [5, 5.41) is 6.39. The number of rotatable bonds is 6. The van der Waals surface area contributed by atoms with E-state index < -0.39 is 17.4 Å². The fourth-order valence-corrected chi connectivity index (χ4v) is 5.45. The number of carbonyl (C=O) groups excluding carboxylic acids is 3. The topological polar surface area (TPSA) is 87.7 Å². The van der Waals surface area contributed by atoms with Gasteiger partial charge in [-0.05, 0) is 24.5 Å². The number of nitrogens with one attached hydrogen (secondary N) is 2. The van der Waals surface area contributed by atoms with Gasteiger partial charge in [-0.3, -0.25) is 24.6 Å². The molecule has 1 spiro atoms. The number of carbonyl (C=O) groups is 3. The van der Waals surface area contributed by atoms with Crippen LogP contribution in [-0.4, -0.2) is 48.9 Å². The van der Waals surface area contributed by atoms with Gasteiger partial charge >= 0.3 is 0 Å². The lowest BCUT2D eigenvalue weighted by Crippen LogP contribution is -2.53. The van der Waals surface area contributed by atoms with Crippen LogP contribution in [0.25, 0.3) is 0 Å². The zero-order valence-electron chi connectivity index (χ0n) is 17.3. The van der Waals surface area contributed by atoms with Gasteiger partial charge in [0.1, 0.15) is 5.54 Å². The molecule has 5 rings (SSSR count). The Bertz CT molecular complexity index is 1040. The van der Waals surface area contributed by atoms with Gasteiger partial charge < -0.3 is 10.1 Å². The maximum absolute atomic E-state index is 13.6. The lowest BCUT2D eigenvalue weighted by Gasteiger charge is -2.29. The minimum Gasteiger partial charge on any atom is -0.385 e. The smallest absolute Gasteiger partial charge is 0.250 e. The Morgan fingerprint density at radius 1 is 1.00 bits per heavy atom. The second-order valence-corrected chi connectivity index (χ2v) is 8.43.